The number of nitrogens with zero attached hydrogens (tertiary/aromatic N) is 2. The molecule has 6 aliphatic rings. The van der Waals surface area contributed by atoms with E-state index in [1.165, 1.54) is 30.6 Å². The second-order valence-electron chi connectivity index (χ2n) is 18.8. The average Bonchev–Trinajstić information content (AvgIpc) is 3.43. The molecule has 0 bridgehead atoms. The molecule has 0 spiro atoms. The van der Waals surface area contributed by atoms with E-state index in [0.29, 0.717) is 30.8 Å². The number of ether oxygens (including phenoxy) is 2. The van der Waals surface area contributed by atoms with Gasteiger partial charge in [0.25, 0.3) is 0 Å². The molecular weight excluding hydrogens is 665 g/mol. The Labute approximate surface area is 303 Å². The number of hydrogen-bond acceptors (Lipinski definition) is 7. The monoisotopic (exact) mass is 730 g/mol. The smallest absolute Gasteiger partial charge is 0.232 e. The lowest BCUT2D eigenvalue weighted by molar-refractivity contribution is -0.140. The molecule has 0 aromatic rings. The fourth-order valence-electron chi connectivity index (χ4n) is 10.9. The van der Waals surface area contributed by atoms with Crippen LogP contribution in [0, 0.1) is 40.9 Å². The van der Waals surface area contributed by atoms with Gasteiger partial charge in [-0.25, -0.2) is 0 Å². The predicted octanol–water partition coefficient (Wildman–Crippen LogP) is 7.09. The Morgan fingerprint density at radius 1 is 0.580 bits per heavy atom. The van der Waals surface area contributed by atoms with E-state index in [0.717, 1.165) is 57.4 Å². The van der Waals surface area contributed by atoms with Gasteiger partial charge in [-0.05, 0) is 139 Å². The molecule has 2 saturated heterocycles. The first kappa shape index (κ1) is 38.3. The topological polar surface area (TPSA) is 102 Å². The zero-order valence-corrected chi connectivity index (χ0v) is 34.3. The minimum absolute atomic E-state index is 0.000927. The number of carbonyl (C=O) groups excluding carboxylic acids is 4. The number of rotatable bonds is 11. The third-order valence-corrected chi connectivity index (χ3v) is 21.4. The molecule has 6 atom stereocenters. The summed E-state index contributed by atoms with van der Waals surface area (Å²) in [5.74, 6) is 0.661. The molecule has 6 fully saturated rings. The molecule has 9 nitrogen and oxygen atoms in total. The van der Waals surface area contributed by atoms with E-state index in [1.54, 1.807) is 11.9 Å². The van der Waals surface area contributed by atoms with Gasteiger partial charge in [0.15, 0.2) is 16.6 Å². The van der Waals surface area contributed by atoms with Crippen molar-refractivity contribution in [3.8, 4) is 0 Å². The lowest BCUT2D eigenvalue weighted by Crippen LogP contribution is -2.53. The Bertz CT molecular complexity index is 1290. The number of fused-ring (bicyclic) bond motifs is 2. The molecular formula is C39H66N2O7Si2. The summed E-state index contributed by atoms with van der Waals surface area (Å²) in [4.78, 5) is 54.9. The third-order valence-electron chi connectivity index (χ3n) is 14.2. The van der Waals surface area contributed by atoms with Gasteiger partial charge in [-0.1, -0.05) is 20.8 Å². The summed E-state index contributed by atoms with van der Waals surface area (Å²) in [6.07, 6.45) is 14.8. The van der Waals surface area contributed by atoms with Crippen molar-refractivity contribution >= 4 is 40.3 Å². The summed E-state index contributed by atoms with van der Waals surface area (Å²) >= 11 is 0. The van der Waals surface area contributed by atoms with E-state index in [1.807, 2.05) is 0 Å². The van der Waals surface area contributed by atoms with Crippen molar-refractivity contribution in [3.63, 3.8) is 0 Å². The van der Waals surface area contributed by atoms with E-state index in [2.05, 4.69) is 47.0 Å². The van der Waals surface area contributed by atoms with Crippen LogP contribution in [0.1, 0.15) is 111 Å². The number of carbonyl (C=O) groups is 4. The van der Waals surface area contributed by atoms with Crippen molar-refractivity contribution in [1.82, 2.24) is 9.80 Å². The summed E-state index contributed by atoms with van der Waals surface area (Å²) in [6, 6.07) is 1.03. The third kappa shape index (κ3) is 7.92. The van der Waals surface area contributed by atoms with Crippen molar-refractivity contribution in [1.29, 1.82) is 0 Å². The maximum absolute atomic E-state index is 13.6. The van der Waals surface area contributed by atoms with E-state index < -0.39 is 16.6 Å². The van der Waals surface area contributed by atoms with Crippen molar-refractivity contribution in [2.75, 3.05) is 13.2 Å². The van der Waals surface area contributed by atoms with E-state index in [9.17, 15) is 19.2 Å². The van der Waals surface area contributed by atoms with Gasteiger partial charge in [0.1, 0.15) is 0 Å². The Morgan fingerprint density at radius 2 is 0.980 bits per heavy atom. The van der Waals surface area contributed by atoms with Crippen LogP contribution < -0.4 is 0 Å². The van der Waals surface area contributed by atoms with Crippen LogP contribution in [0.3, 0.4) is 0 Å². The number of amides is 4. The number of likely N-dealkylation sites (tertiary alicyclic amines) is 2. The molecule has 4 amide bonds. The van der Waals surface area contributed by atoms with Crippen LogP contribution >= 0.6 is 0 Å². The molecule has 50 heavy (non-hydrogen) atoms. The molecule has 4 aliphatic carbocycles. The summed E-state index contributed by atoms with van der Waals surface area (Å²) in [6.45, 7) is 15.9. The molecule has 0 aromatic heterocycles. The lowest BCUT2D eigenvalue weighted by Gasteiger charge is -2.47. The van der Waals surface area contributed by atoms with Crippen LogP contribution in [0.5, 0.6) is 0 Å². The second-order valence-corrected chi connectivity index (χ2v) is 27.7. The van der Waals surface area contributed by atoms with Crippen LogP contribution in [0.15, 0.2) is 0 Å². The summed E-state index contributed by atoms with van der Waals surface area (Å²) in [5, 5.41) is 0. The number of imide groups is 2. The molecule has 6 unspecified atom stereocenters. The zero-order chi connectivity index (χ0) is 36.2. The minimum Gasteiger partial charge on any atom is -0.454 e. The lowest BCUT2D eigenvalue weighted by atomic mass is 9.60. The van der Waals surface area contributed by atoms with Gasteiger partial charge >= 0.3 is 0 Å². The highest BCUT2D eigenvalue weighted by atomic mass is 28.4. The Kier molecular flexibility index (Phi) is 11.3. The zero-order valence-electron chi connectivity index (χ0n) is 32.3. The Hall–Kier alpha value is -1.41. The molecule has 11 heteroatoms. The van der Waals surface area contributed by atoms with Crippen LogP contribution in [0.25, 0.3) is 0 Å². The largest absolute Gasteiger partial charge is 0.454 e. The maximum atomic E-state index is 13.6. The molecule has 0 N–H and O–H groups in total. The van der Waals surface area contributed by atoms with Crippen LogP contribution in [0.4, 0.5) is 0 Å². The van der Waals surface area contributed by atoms with Gasteiger partial charge in [-0.3, -0.25) is 29.0 Å². The van der Waals surface area contributed by atoms with E-state index >= 15 is 0 Å². The standard InChI is InChI=1S/C39H66N2O7Si2/c1-9-49(5,6)48-50(7,8)24-41-37(44)32-21-19-30(23-34(32)38(41)45)47-28-16-12-26(13-17-28)39(2,3)25-10-14-27(15-11-25)46-29-18-20-31-33(22-29)36(43)40(4)35(31)42/h25-34H,9-24H2,1-8H3. The molecule has 2 heterocycles. The molecule has 282 valence electrons. The Morgan fingerprint density at radius 3 is 1.46 bits per heavy atom. The van der Waals surface area contributed by atoms with Crippen LogP contribution in [0.2, 0.25) is 32.2 Å². The van der Waals surface area contributed by atoms with E-state index in [-0.39, 0.29) is 77.1 Å². The molecule has 0 aromatic carbocycles. The number of hydrogen-bond donors (Lipinski definition) is 0. The summed E-state index contributed by atoms with van der Waals surface area (Å²) < 4.78 is 19.9. The van der Waals surface area contributed by atoms with Crippen LogP contribution in [-0.4, -0.2) is 87.7 Å². The van der Waals surface area contributed by atoms with Gasteiger partial charge in [-0.15, -0.1) is 0 Å². The van der Waals surface area contributed by atoms with Crippen molar-refractivity contribution in [2.45, 2.75) is 167 Å². The summed E-state index contributed by atoms with van der Waals surface area (Å²) in [5.41, 5.74) is 0.267. The maximum Gasteiger partial charge on any atom is 0.232 e. The molecule has 0 radical (unpaired) electrons. The quantitative estimate of drug-likeness (QED) is 0.165. The van der Waals surface area contributed by atoms with Crippen LogP contribution in [-0.2, 0) is 32.8 Å². The second kappa shape index (κ2) is 14.8. The normalized spacial score (nSPS) is 37.4. The first-order valence-corrected chi connectivity index (χ1v) is 26.4. The van der Waals surface area contributed by atoms with Gasteiger partial charge in [0.2, 0.25) is 23.6 Å². The highest BCUT2D eigenvalue weighted by Crippen LogP contribution is 2.50. The van der Waals surface area contributed by atoms with Gasteiger partial charge < -0.3 is 13.6 Å². The summed E-state index contributed by atoms with van der Waals surface area (Å²) in [7, 11) is -2.35. The average molecular weight is 731 g/mol. The predicted molar refractivity (Wildman–Crippen MR) is 198 cm³/mol. The van der Waals surface area contributed by atoms with Gasteiger partial charge in [0.05, 0.1) is 48.1 Å². The minimum atomic E-state index is -2.19. The highest BCUT2D eigenvalue weighted by Gasteiger charge is 2.53. The fraction of sp³-hybridized carbons (Fsp3) is 0.897. The molecule has 6 rings (SSSR count). The van der Waals surface area contributed by atoms with Gasteiger partial charge in [0, 0.05) is 13.2 Å². The molecule has 2 aliphatic heterocycles. The van der Waals surface area contributed by atoms with Crippen molar-refractivity contribution < 1.29 is 32.8 Å². The van der Waals surface area contributed by atoms with E-state index in [4.69, 9.17) is 13.6 Å². The van der Waals surface area contributed by atoms with Crippen molar-refractivity contribution in [3.05, 3.63) is 0 Å². The molecule has 4 saturated carbocycles. The SMILES string of the molecule is CC[Si](C)(C)O[Si](C)(C)CN1C(=O)C2CCC(OC3CCC(C(C)(C)C4CCC(OC5CCC6C(=O)N(C)C(=O)C6C5)CC4)CC3)CC2C1=O. The van der Waals surface area contributed by atoms with Crippen molar-refractivity contribution in [2.24, 2.45) is 40.9 Å². The first-order valence-electron chi connectivity index (χ1n) is 20.2. The highest BCUT2D eigenvalue weighted by molar-refractivity contribution is 6.85. The fourth-order valence-corrected chi connectivity index (χ4v) is 18.8. The Balaban J connectivity index is 0.928. The first-order chi connectivity index (χ1) is 23.5. The van der Waals surface area contributed by atoms with Gasteiger partial charge in [-0.2, -0.15) is 0 Å².